The van der Waals surface area contributed by atoms with Crippen LogP contribution in [0.1, 0.15) is 5.56 Å². The van der Waals surface area contributed by atoms with E-state index in [9.17, 15) is 18.0 Å². The molecule has 0 spiro atoms. The number of carbonyl (C=O) groups is 1. The molecule has 0 fully saturated rings. The molecule has 11 heteroatoms. The summed E-state index contributed by atoms with van der Waals surface area (Å²) in [7, 11) is 1.72. The van der Waals surface area contributed by atoms with Crippen molar-refractivity contribution in [3.05, 3.63) is 84.9 Å². The zero-order valence-electron chi connectivity index (χ0n) is 18.3. The molecule has 178 valence electrons. The van der Waals surface area contributed by atoms with Crippen LogP contribution < -0.4 is 20.7 Å². The Morgan fingerprint density at radius 2 is 1.69 bits per heavy atom. The number of pyridine rings is 1. The summed E-state index contributed by atoms with van der Waals surface area (Å²) < 4.78 is 46.6. The predicted octanol–water partition coefficient (Wildman–Crippen LogP) is 6.04. The van der Waals surface area contributed by atoms with Crippen LogP contribution in [0, 0.1) is 0 Å². The highest BCUT2D eigenvalue weighted by Crippen LogP contribution is 2.38. The summed E-state index contributed by atoms with van der Waals surface area (Å²) >= 11 is 0. The van der Waals surface area contributed by atoms with Crippen LogP contribution in [-0.4, -0.2) is 28.0 Å². The van der Waals surface area contributed by atoms with Crippen LogP contribution in [-0.2, 0) is 6.18 Å². The van der Waals surface area contributed by atoms with Gasteiger partial charge in [-0.15, -0.1) is 0 Å². The van der Waals surface area contributed by atoms with Gasteiger partial charge in [-0.2, -0.15) is 13.2 Å². The second kappa shape index (κ2) is 10.1. The fourth-order valence-corrected chi connectivity index (χ4v) is 3.18. The average Bonchev–Trinajstić information content (AvgIpc) is 2.85. The molecule has 0 aliphatic rings. The van der Waals surface area contributed by atoms with Crippen molar-refractivity contribution in [2.24, 2.45) is 0 Å². The van der Waals surface area contributed by atoms with Crippen molar-refractivity contribution < 1.29 is 22.7 Å². The maximum atomic E-state index is 13.7. The first-order valence-electron chi connectivity index (χ1n) is 10.3. The summed E-state index contributed by atoms with van der Waals surface area (Å²) in [4.78, 5) is 24.3. The third-order valence-electron chi connectivity index (χ3n) is 4.79. The van der Waals surface area contributed by atoms with Gasteiger partial charge in [0.15, 0.2) is 0 Å². The van der Waals surface area contributed by atoms with E-state index < -0.39 is 17.8 Å². The molecule has 0 radical (unpaired) electrons. The van der Waals surface area contributed by atoms with Crippen molar-refractivity contribution in [3.8, 4) is 22.8 Å². The SMILES string of the molecule is CNc1cc(Oc2ccc(NC(=O)Nc3ccc(-c4cccnc4)c(C(F)(F)F)c3)cc2)ncn1. The number of nitrogens with one attached hydrogen (secondary N) is 3. The second-order valence-electron chi connectivity index (χ2n) is 7.20. The third-order valence-corrected chi connectivity index (χ3v) is 4.79. The zero-order valence-corrected chi connectivity index (χ0v) is 18.3. The zero-order chi connectivity index (χ0) is 24.8. The number of alkyl halides is 3. The Morgan fingerprint density at radius 3 is 2.37 bits per heavy atom. The summed E-state index contributed by atoms with van der Waals surface area (Å²) in [5.41, 5.74) is -0.182. The van der Waals surface area contributed by atoms with E-state index in [-0.39, 0.29) is 11.3 Å². The first-order chi connectivity index (χ1) is 16.8. The van der Waals surface area contributed by atoms with Crippen molar-refractivity contribution >= 4 is 23.2 Å². The Labute approximate surface area is 198 Å². The van der Waals surface area contributed by atoms with Crippen LogP contribution in [0.15, 0.2) is 79.4 Å². The highest BCUT2D eigenvalue weighted by Gasteiger charge is 2.34. The van der Waals surface area contributed by atoms with Gasteiger partial charge in [-0.05, 0) is 48.0 Å². The number of carbonyl (C=O) groups excluding carboxylic acids is 1. The summed E-state index contributed by atoms with van der Waals surface area (Å²) in [6.07, 6.45) is -0.435. The fraction of sp³-hybridized carbons (Fsp3) is 0.0833. The fourth-order valence-electron chi connectivity index (χ4n) is 3.18. The first-order valence-corrected chi connectivity index (χ1v) is 10.3. The molecule has 0 aliphatic heterocycles. The summed E-state index contributed by atoms with van der Waals surface area (Å²) in [5, 5.41) is 7.88. The van der Waals surface area contributed by atoms with Gasteiger partial charge in [0.05, 0.1) is 5.56 Å². The molecule has 2 aromatic heterocycles. The van der Waals surface area contributed by atoms with Gasteiger partial charge in [-0.25, -0.2) is 14.8 Å². The number of hydrogen-bond acceptors (Lipinski definition) is 6. The number of benzene rings is 2. The lowest BCUT2D eigenvalue weighted by Crippen LogP contribution is -2.20. The normalized spacial score (nSPS) is 11.0. The number of anilines is 3. The number of aromatic nitrogens is 3. The van der Waals surface area contributed by atoms with E-state index in [1.807, 2.05) is 0 Å². The lowest BCUT2D eigenvalue weighted by molar-refractivity contribution is -0.137. The number of rotatable bonds is 6. The molecule has 0 saturated heterocycles. The Bertz CT molecular complexity index is 1320. The number of urea groups is 1. The summed E-state index contributed by atoms with van der Waals surface area (Å²) in [6, 6.07) is 14.0. The number of amides is 2. The van der Waals surface area contributed by atoms with Crippen LogP contribution in [0.2, 0.25) is 0 Å². The molecule has 0 bridgehead atoms. The maximum Gasteiger partial charge on any atom is 0.417 e. The molecule has 0 aliphatic carbocycles. The summed E-state index contributed by atoms with van der Waals surface area (Å²) in [5.74, 6) is 1.39. The monoisotopic (exact) mass is 480 g/mol. The molecular weight excluding hydrogens is 461 g/mol. The minimum absolute atomic E-state index is 0.00785. The van der Waals surface area contributed by atoms with E-state index in [0.717, 1.165) is 6.07 Å². The first kappa shape index (κ1) is 23.5. The van der Waals surface area contributed by atoms with Crippen LogP contribution in [0.25, 0.3) is 11.1 Å². The number of halogens is 3. The van der Waals surface area contributed by atoms with Crippen molar-refractivity contribution in [2.75, 3.05) is 23.0 Å². The summed E-state index contributed by atoms with van der Waals surface area (Å²) in [6.45, 7) is 0. The van der Waals surface area contributed by atoms with Crippen LogP contribution in [0.4, 0.5) is 35.2 Å². The molecular formula is C24H19F3N6O2. The van der Waals surface area contributed by atoms with Gasteiger partial charge in [0.25, 0.3) is 0 Å². The molecule has 2 heterocycles. The van der Waals surface area contributed by atoms with Crippen molar-refractivity contribution in [2.45, 2.75) is 6.18 Å². The van der Waals surface area contributed by atoms with Gasteiger partial charge in [0.1, 0.15) is 17.9 Å². The smallest absolute Gasteiger partial charge is 0.417 e. The van der Waals surface area contributed by atoms with Crippen molar-refractivity contribution in [3.63, 3.8) is 0 Å². The molecule has 0 atom stereocenters. The molecule has 0 unspecified atom stereocenters. The molecule has 3 N–H and O–H groups in total. The molecule has 4 aromatic rings. The van der Waals surface area contributed by atoms with E-state index in [1.165, 1.54) is 36.9 Å². The average molecular weight is 480 g/mol. The van der Waals surface area contributed by atoms with Crippen LogP contribution >= 0.6 is 0 Å². The Hall–Kier alpha value is -4.67. The lowest BCUT2D eigenvalue weighted by Gasteiger charge is -2.15. The van der Waals surface area contributed by atoms with Gasteiger partial charge in [-0.3, -0.25) is 4.98 Å². The van der Waals surface area contributed by atoms with Gasteiger partial charge < -0.3 is 20.7 Å². The number of hydrogen-bond donors (Lipinski definition) is 3. The molecule has 0 saturated carbocycles. The number of ether oxygens (including phenoxy) is 1. The second-order valence-corrected chi connectivity index (χ2v) is 7.20. The van der Waals surface area contributed by atoms with E-state index in [0.29, 0.717) is 28.7 Å². The number of nitrogens with zero attached hydrogens (tertiary/aromatic N) is 3. The maximum absolute atomic E-state index is 13.7. The van der Waals surface area contributed by atoms with Gasteiger partial charge >= 0.3 is 12.2 Å². The standard InChI is InChI=1S/C24H19F3N6O2/c1-28-21-12-22(31-14-30-21)35-18-7-4-16(5-8-18)32-23(34)33-17-6-9-19(15-3-2-10-29-13-15)20(11-17)24(25,26)27/h2-14H,1H3,(H,28,30,31)(H2,32,33,34). The van der Waals surface area contributed by atoms with Crippen molar-refractivity contribution in [1.82, 2.24) is 15.0 Å². The molecule has 8 nitrogen and oxygen atoms in total. The Morgan fingerprint density at radius 1 is 0.943 bits per heavy atom. The topological polar surface area (TPSA) is 101 Å². The minimum Gasteiger partial charge on any atom is -0.439 e. The molecule has 4 rings (SSSR count). The minimum atomic E-state index is -4.62. The highest BCUT2D eigenvalue weighted by molar-refractivity contribution is 6.00. The van der Waals surface area contributed by atoms with Gasteiger partial charge in [0.2, 0.25) is 5.88 Å². The van der Waals surface area contributed by atoms with E-state index >= 15 is 0 Å². The third kappa shape index (κ3) is 6.02. The van der Waals surface area contributed by atoms with Crippen LogP contribution in [0.3, 0.4) is 0 Å². The largest absolute Gasteiger partial charge is 0.439 e. The van der Waals surface area contributed by atoms with Crippen LogP contribution in [0.5, 0.6) is 11.6 Å². The molecule has 2 aromatic carbocycles. The van der Waals surface area contributed by atoms with E-state index in [2.05, 4.69) is 30.9 Å². The van der Waals surface area contributed by atoms with Crippen molar-refractivity contribution in [1.29, 1.82) is 0 Å². The van der Waals surface area contributed by atoms with E-state index in [1.54, 1.807) is 43.4 Å². The lowest BCUT2D eigenvalue weighted by atomic mass is 10.00. The predicted molar refractivity (Wildman–Crippen MR) is 125 cm³/mol. The highest BCUT2D eigenvalue weighted by atomic mass is 19.4. The molecule has 2 amide bonds. The molecule has 35 heavy (non-hydrogen) atoms. The van der Waals surface area contributed by atoms with Gasteiger partial charge in [0, 0.05) is 42.4 Å². The Balaban J connectivity index is 1.43. The van der Waals surface area contributed by atoms with Gasteiger partial charge in [-0.1, -0.05) is 12.1 Å². The Kier molecular flexibility index (Phi) is 6.76. The quantitative estimate of drug-likeness (QED) is 0.311. The van der Waals surface area contributed by atoms with E-state index in [4.69, 9.17) is 4.74 Å².